The summed E-state index contributed by atoms with van der Waals surface area (Å²) in [5, 5.41) is 9.49. The number of fused-ring (bicyclic) bond motifs is 1. The van der Waals surface area contributed by atoms with Gasteiger partial charge in [0.25, 0.3) is 0 Å². The first-order valence-corrected chi connectivity index (χ1v) is 7.91. The van der Waals surface area contributed by atoms with E-state index in [4.69, 9.17) is 5.73 Å². The van der Waals surface area contributed by atoms with Crippen molar-refractivity contribution in [3.63, 3.8) is 0 Å². The van der Waals surface area contributed by atoms with Crippen molar-refractivity contribution in [2.24, 2.45) is 0 Å². The lowest BCUT2D eigenvalue weighted by Crippen LogP contribution is -2.46. The number of hydrogen-bond acceptors (Lipinski definition) is 5. The van der Waals surface area contributed by atoms with Crippen molar-refractivity contribution in [2.45, 2.75) is 6.54 Å². The molecule has 6 nitrogen and oxygen atoms in total. The Morgan fingerprint density at radius 2 is 1.68 bits per heavy atom. The van der Waals surface area contributed by atoms with Gasteiger partial charge in [-0.05, 0) is 16.3 Å². The minimum absolute atomic E-state index is 0. The van der Waals surface area contributed by atoms with Gasteiger partial charge in [-0.25, -0.2) is 5.10 Å². The number of aromatic amines is 1. The molecule has 25 heavy (non-hydrogen) atoms. The Morgan fingerprint density at radius 1 is 0.960 bits per heavy atom. The topological polar surface area (TPSA) is 74.1 Å². The number of rotatable bonds is 3. The van der Waals surface area contributed by atoms with E-state index in [0.717, 1.165) is 32.7 Å². The number of anilines is 2. The Morgan fingerprint density at radius 3 is 2.40 bits per heavy atom. The summed E-state index contributed by atoms with van der Waals surface area (Å²) in [6.07, 6.45) is 0. The molecule has 1 aliphatic heterocycles. The van der Waals surface area contributed by atoms with Crippen LogP contribution in [0.2, 0.25) is 0 Å². The Hall–Kier alpha value is -2.02. The predicted molar refractivity (Wildman–Crippen MR) is 107 cm³/mol. The maximum atomic E-state index is 5.60. The zero-order valence-electron chi connectivity index (χ0n) is 13.8. The van der Waals surface area contributed by atoms with Gasteiger partial charge in [-0.1, -0.05) is 42.5 Å². The molecule has 0 unspecified atom stereocenters. The number of piperazine rings is 1. The van der Waals surface area contributed by atoms with E-state index in [1.807, 2.05) is 0 Å². The lowest BCUT2D eigenvalue weighted by atomic mass is 10.0. The Bertz CT molecular complexity index is 808. The first-order valence-electron chi connectivity index (χ1n) is 7.91. The zero-order valence-corrected chi connectivity index (χ0v) is 15.4. The lowest BCUT2D eigenvalue weighted by Gasteiger charge is -2.34. The van der Waals surface area contributed by atoms with E-state index in [0.29, 0.717) is 11.9 Å². The number of nitrogens with zero attached hydrogens (tertiary/aromatic N) is 4. The summed E-state index contributed by atoms with van der Waals surface area (Å²) in [6.45, 7) is 4.81. The van der Waals surface area contributed by atoms with Crippen LogP contribution in [0.5, 0.6) is 0 Å². The minimum atomic E-state index is 0. The van der Waals surface area contributed by atoms with Crippen LogP contribution in [0.15, 0.2) is 42.5 Å². The van der Waals surface area contributed by atoms with Crippen LogP contribution in [0, 0.1) is 0 Å². The molecule has 2 heterocycles. The number of halogens is 2. The molecule has 4 rings (SSSR count). The second-order valence-corrected chi connectivity index (χ2v) is 5.92. The highest BCUT2D eigenvalue weighted by molar-refractivity contribution is 5.86. The maximum Gasteiger partial charge on any atom is 0.246 e. The van der Waals surface area contributed by atoms with Gasteiger partial charge in [0.15, 0.2) is 0 Å². The number of H-pyrrole nitrogens is 1. The van der Waals surface area contributed by atoms with Crippen molar-refractivity contribution < 1.29 is 0 Å². The average Bonchev–Trinajstić information content (AvgIpc) is 3.02. The fourth-order valence-corrected chi connectivity index (χ4v) is 3.18. The summed E-state index contributed by atoms with van der Waals surface area (Å²) in [5.41, 5.74) is 6.99. The van der Waals surface area contributed by atoms with Crippen molar-refractivity contribution in [3.8, 4) is 0 Å². The number of nitrogens with two attached hydrogens (primary N) is 1. The second-order valence-electron chi connectivity index (χ2n) is 5.92. The van der Waals surface area contributed by atoms with Gasteiger partial charge in [0.2, 0.25) is 11.9 Å². The molecular weight excluding hydrogens is 359 g/mol. The number of aromatic nitrogens is 3. The fraction of sp³-hybridized carbons (Fsp3) is 0.294. The summed E-state index contributed by atoms with van der Waals surface area (Å²) in [4.78, 5) is 8.86. The molecule has 0 amide bonds. The van der Waals surface area contributed by atoms with Crippen molar-refractivity contribution in [3.05, 3.63) is 48.0 Å². The van der Waals surface area contributed by atoms with E-state index < -0.39 is 0 Å². The average molecular weight is 381 g/mol. The summed E-state index contributed by atoms with van der Waals surface area (Å²) < 4.78 is 0. The molecule has 134 valence electrons. The molecule has 0 radical (unpaired) electrons. The quantitative estimate of drug-likeness (QED) is 0.730. The molecule has 0 atom stereocenters. The Balaban J connectivity index is 0.00000113. The van der Waals surface area contributed by atoms with Crippen molar-refractivity contribution >= 4 is 47.5 Å². The Kier molecular flexibility index (Phi) is 6.47. The third kappa shape index (κ3) is 4.15. The smallest absolute Gasteiger partial charge is 0.246 e. The van der Waals surface area contributed by atoms with Gasteiger partial charge in [0, 0.05) is 32.7 Å². The maximum absolute atomic E-state index is 5.60. The third-order valence-electron chi connectivity index (χ3n) is 4.42. The van der Waals surface area contributed by atoms with Gasteiger partial charge in [-0.15, -0.1) is 29.9 Å². The molecule has 1 aliphatic rings. The highest BCUT2D eigenvalue weighted by Gasteiger charge is 2.20. The molecule has 3 N–H and O–H groups in total. The van der Waals surface area contributed by atoms with Gasteiger partial charge in [-0.2, -0.15) is 4.98 Å². The highest BCUT2D eigenvalue weighted by atomic mass is 35.5. The number of nitrogen functional groups attached to an aromatic ring is 1. The van der Waals surface area contributed by atoms with Crippen LogP contribution in [0.4, 0.5) is 11.9 Å². The third-order valence-corrected chi connectivity index (χ3v) is 4.42. The van der Waals surface area contributed by atoms with Crippen LogP contribution in [0.25, 0.3) is 10.8 Å². The number of nitrogens with one attached hydrogen (secondary N) is 1. The van der Waals surface area contributed by atoms with Gasteiger partial charge in [-0.3, -0.25) is 4.90 Å². The lowest BCUT2D eigenvalue weighted by molar-refractivity contribution is 0.249. The molecule has 0 bridgehead atoms. The van der Waals surface area contributed by atoms with Crippen molar-refractivity contribution in [1.29, 1.82) is 0 Å². The van der Waals surface area contributed by atoms with Gasteiger partial charge in [0.05, 0.1) is 0 Å². The van der Waals surface area contributed by atoms with E-state index in [2.05, 4.69) is 67.4 Å². The molecule has 3 aromatic rings. The molecule has 0 saturated carbocycles. The van der Waals surface area contributed by atoms with E-state index in [9.17, 15) is 0 Å². The van der Waals surface area contributed by atoms with Crippen LogP contribution < -0.4 is 10.6 Å². The van der Waals surface area contributed by atoms with Crippen LogP contribution in [-0.4, -0.2) is 46.3 Å². The SMILES string of the molecule is Cl.Cl.Nc1nc(N2CCN(Cc3cccc4ccccc34)CC2)n[nH]1. The summed E-state index contributed by atoms with van der Waals surface area (Å²) in [6, 6.07) is 15.1. The van der Waals surface area contributed by atoms with Crippen LogP contribution in [-0.2, 0) is 6.54 Å². The fourth-order valence-electron chi connectivity index (χ4n) is 3.18. The normalized spacial score (nSPS) is 14.8. The zero-order chi connectivity index (χ0) is 15.6. The number of benzene rings is 2. The first-order chi connectivity index (χ1) is 11.3. The molecule has 1 fully saturated rings. The first kappa shape index (κ1) is 19.3. The van der Waals surface area contributed by atoms with Gasteiger partial charge < -0.3 is 10.6 Å². The van der Waals surface area contributed by atoms with Crippen LogP contribution >= 0.6 is 24.8 Å². The van der Waals surface area contributed by atoms with E-state index in [1.54, 1.807) is 0 Å². The predicted octanol–water partition coefficient (Wildman–Crippen LogP) is 2.71. The molecule has 0 spiro atoms. The van der Waals surface area contributed by atoms with Crippen molar-refractivity contribution in [2.75, 3.05) is 36.8 Å². The minimum Gasteiger partial charge on any atom is -0.368 e. The van der Waals surface area contributed by atoms with Gasteiger partial charge in [0.1, 0.15) is 0 Å². The number of hydrogen-bond donors (Lipinski definition) is 2. The van der Waals surface area contributed by atoms with E-state index in [-0.39, 0.29) is 24.8 Å². The largest absolute Gasteiger partial charge is 0.368 e. The van der Waals surface area contributed by atoms with Gasteiger partial charge >= 0.3 is 0 Å². The molecule has 2 aromatic carbocycles. The summed E-state index contributed by atoms with van der Waals surface area (Å²) in [5.74, 6) is 1.07. The highest BCUT2D eigenvalue weighted by Crippen LogP contribution is 2.21. The summed E-state index contributed by atoms with van der Waals surface area (Å²) in [7, 11) is 0. The van der Waals surface area contributed by atoms with Crippen LogP contribution in [0.1, 0.15) is 5.56 Å². The van der Waals surface area contributed by atoms with E-state index >= 15 is 0 Å². The van der Waals surface area contributed by atoms with Crippen molar-refractivity contribution in [1.82, 2.24) is 20.1 Å². The second kappa shape index (κ2) is 8.38. The molecule has 0 aliphatic carbocycles. The molecular formula is C17H22Cl2N6. The molecule has 1 saturated heterocycles. The Labute approximate surface area is 159 Å². The standard InChI is InChI=1S/C17H20N6.2ClH/c18-16-19-17(21-20-16)23-10-8-22(9-11-23)12-14-6-3-5-13-4-1-2-7-15(13)14;;/h1-7H,8-12H2,(H3,18,19,20,21);2*1H. The van der Waals surface area contributed by atoms with E-state index in [1.165, 1.54) is 16.3 Å². The molecule has 8 heteroatoms. The monoisotopic (exact) mass is 380 g/mol. The van der Waals surface area contributed by atoms with Crippen LogP contribution in [0.3, 0.4) is 0 Å². The molecule has 1 aromatic heterocycles. The summed E-state index contributed by atoms with van der Waals surface area (Å²) >= 11 is 0.